The molecule has 4 heteroatoms. The van der Waals surface area contributed by atoms with Gasteiger partial charge < -0.3 is 9.47 Å². The third-order valence-corrected chi connectivity index (χ3v) is 5.15. The van der Waals surface area contributed by atoms with Crippen molar-refractivity contribution >= 4 is 11.9 Å². The van der Waals surface area contributed by atoms with Crippen molar-refractivity contribution in [2.45, 2.75) is 57.2 Å². The van der Waals surface area contributed by atoms with Crippen molar-refractivity contribution in [3.63, 3.8) is 0 Å². The molecule has 4 nitrogen and oxygen atoms in total. The molecule has 20 heavy (non-hydrogen) atoms. The summed E-state index contributed by atoms with van der Waals surface area (Å²) in [5.74, 6) is 1.47. The summed E-state index contributed by atoms with van der Waals surface area (Å²) >= 11 is 0. The van der Waals surface area contributed by atoms with Gasteiger partial charge in [0.1, 0.15) is 12.2 Å². The lowest BCUT2D eigenvalue weighted by Crippen LogP contribution is -2.29. The number of rotatable bonds is 5. The van der Waals surface area contributed by atoms with Crippen LogP contribution >= 0.6 is 0 Å². The second-order valence-corrected chi connectivity index (χ2v) is 6.40. The number of ether oxygens (including phenoxy) is 2. The highest BCUT2D eigenvalue weighted by atomic mass is 16.6. The van der Waals surface area contributed by atoms with Crippen molar-refractivity contribution in [2.24, 2.45) is 17.8 Å². The largest absolute Gasteiger partial charge is 0.462 e. The number of carbonyl (C=O) groups excluding carboxylic acids is 2. The molecular weight excluding hydrogens is 256 g/mol. The SMILES string of the molecule is C=CC(=O)OC1CC2CC(CCC3CCC(=O)O3)C1C2. The lowest BCUT2D eigenvalue weighted by molar-refractivity contribution is -0.147. The quantitative estimate of drug-likeness (QED) is 0.573. The van der Waals surface area contributed by atoms with Crippen LogP contribution in [-0.4, -0.2) is 24.1 Å². The molecule has 1 saturated heterocycles. The first-order valence-electron chi connectivity index (χ1n) is 7.68. The van der Waals surface area contributed by atoms with Crippen LogP contribution in [0.2, 0.25) is 0 Å². The lowest BCUT2D eigenvalue weighted by atomic mass is 9.83. The average molecular weight is 278 g/mol. The normalized spacial score (nSPS) is 38.8. The molecule has 1 aliphatic heterocycles. The molecule has 0 spiro atoms. The van der Waals surface area contributed by atoms with Gasteiger partial charge in [-0.2, -0.15) is 0 Å². The summed E-state index contributed by atoms with van der Waals surface area (Å²) in [5, 5.41) is 0. The van der Waals surface area contributed by atoms with Gasteiger partial charge >= 0.3 is 11.9 Å². The van der Waals surface area contributed by atoms with Gasteiger partial charge in [-0.25, -0.2) is 4.79 Å². The van der Waals surface area contributed by atoms with Crippen LogP contribution in [0, 0.1) is 17.8 Å². The molecule has 2 saturated carbocycles. The van der Waals surface area contributed by atoms with Gasteiger partial charge in [0.15, 0.2) is 0 Å². The van der Waals surface area contributed by atoms with Crippen LogP contribution in [0.5, 0.6) is 0 Å². The van der Waals surface area contributed by atoms with Gasteiger partial charge in [-0.05, 0) is 56.3 Å². The predicted molar refractivity (Wildman–Crippen MR) is 72.7 cm³/mol. The van der Waals surface area contributed by atoms with Gasteiger partial charge in [0.2, 0.25) is 0 Å². The third kappa shape index (κ3) is 2.74. The van der Waals surface area contributed by atoms with E-state index in [1.54, 1.807) is 0 Å². The number of hydrogen-bond donors (Lipinski definition) is 0. The molecule has 3 aliphatic rings. The maximum absolute atomic E-state index is 11.4. The van der Waals surface area contributed by atoms with Gasteiger partial charge in [0.25, 0.3) is 0 Å². The first-order chi connectivity index (χ1) is 9.65. The summed E-state index contributed by atoms with van der Waals surface area (Å²) in [5.41, 5.74) is 0. The molecule has 2 bridgehead atoms. The highest BCUT2D eigenvalue weighted by molar-refractivity contribution is 5.81. The van der Waals surface area contributed by atoms with Crippen LogP contribution in [0.4, 0.5) is 0 Å². The van der Waals surface area contributed by atoms with E-state index in [1.807, 2.05) is 0 Å². The summed E-state index contributed by atoms with van der Waals surface area (Å²) in [6, 6.07) is 0. The highest BCUT2D eigenvalue weighted by Crippen LogP contribution is 2.51. The number of fused-ring (bicyclic) bond motifs is 2. The topological polar surface area (TPSA) is 52.6 Å². The maximum Gasteiger partial charge on any atom is 0.330 e. The predicted octanol–water partition coefficient (Wildman–Crippen LogP) is 2.62. The summed E-state index contributed by atoms with van der Waals surface area (Å²) in [6.07, 6.45) is 8.38. The molecule has 3 rings (SSSR count). The zero-order valence-electron chi connectivity index (χ0n) is 11.8. The molecule has 0 aromatic rings. The van der Waals surface area contributed by atoms with Gasteiger partial charge in [0, 0.05) is 12.5 Å². The van der Waals surface area contributed by atoms with Crippen molar-refractivity contribution < 1.29 is 19.1 Å². The Kier molecular flexibility index (Phi) is 3.81. The average Bonchev–Trinajstić information content (AvgIpc) is 3.11. The molecular formula is C16H22O4. The number of cyclic esters (lactones) is 1. The fraction of sp³-hybridized carbons (Fsp3) is 0.750. The molecule has 0 aromatic heterocycles. The van der Waals surface area contributed by atoms with E-state index in [1.165, 1.54) is 18.9 Å². The van der Waals surface area contributed by atoms with E-state index >= 15 is 0 Å². The van der Waals surface area contributed by atoms with E-state index in [0.717, 1.165) is 25.7 Å². The Labute approximate surface area is 119 Å². The minimum atomic E-state index is -0.300. The summed E-state index contributed by atoms with van der Waals surface area (Å²) in [6.45, 7) is 3.46. The molecule has 2 aliphatic carbocycles. The fourth-order valence-electron chi connectivity index (χ4n) is 4.28. The van der Waals surface area contributed by atoms with Gasteiger partial charge in [0.05, 0.1) is 0 Å². The third-order valence-electron chi connectivity index (χ3n) is 5.15. The van der Waals surface area contributed by atoms with Gasteiger partial charge in [-0.3, -0.25) is 4.79 Å². The first kappa shape index (κ1) is 13.7. The molecule has 110 valence electrons. The number of hydrogen-bond acceptors (Lipinski definition) is 4. The van der Waals surface area contributed by atoms with Crippen LogP contribution in [0.15, 0.2) is 12.7 Å². The van der Waals surface area contributed by atoms with Crippen molar-refractivity contribution in [2.75, 3.05) is 0 Å². The van der Waals surface area contributed by atoms with Crippen molar-refractivity contribution in [1.29, 1.82) is 0 Å². The smallest absolute Gasteiger partial charge is 0.330 e. The number of carbonyl (C=O) groups is 2. The molecule has 5 unspecified atom stereocenters. The van der Waals surface area contributed by atoms with E-state index in [-0.39, 0.29) is 24.1 Å². The maximum atomic E-state index is 11.4. The second kappa shape index (κ2) is 5.58. The zero-order chi connectivity index (χ0) is 14.1. The van der Waals surface area contributed by atoms with E-state index in [2.05, 4.69) is 6.58 Å². The zero-order valence-corrected chi connectivity index (χ0v) is 11.8. The van der Waals surface area contributed by atoms with Gasteiger partial charge in [-0.1, -0.05) is 6.58 Å². The Morgan fingerprint density at radius 2 is 2.20 bits per heavy atom. The molecule has 0 radical (unpaired) electrons. The summed E-state index contributed by atoms with van der Waals surface area (Å²) in [4.78, 5) is 22.5. The van der Waals surface area contributed by atoms with E-state index in [9.17, 15) is 9.59 Å². The Morgan fingerprint density at radius 3 is 2.85 bits per heavy atom. The van der Waals surface area contributed by atoms with Crippen molar-refractivity contribution in [3.05, 3.63) is 12.7 Å². The van der Waals surface area contributed by atoms with E-state index < -0.39 is 0 Å². The van der Waals surface area contributed by atoms with Crippen molar-refractivity contribution in [1.82, 2.24) is 0 Å². The molecule has 5 atom stereocenters. The van der Waals surface area contributed by atoms with Crippen LogP contribution in [0.3, 0.4) is 0 Å². The number of esters is 2. The Balaban J connectivity index is 1.49. The van der Waals surface area contributed by atoms with Crippen LogP contribution in [0.1, 0.15) is 44.9 Å². The monoisotopic (exact) mass is 278 g/mol. The van der Waals surface area contributed by atoms with Crippen LogP contribution in [-0.2, 0) is 19.1 Å². The standard InChI is InChI=1S/C16H22O4/c1-2-15(17)20-14-9-10-7-11(13(14)8-10)3-4-12-5-6-16(18)19-12/h2,10-14H,1,3-9H2. The Morgan fingerprint density at radius 1 is 1.35 bits per heavy atom. The van der Waals surface area contributed by atoms with Crippen LogP contribution < -0.4 is 0 Å². The Hall–Kier alpha value is -1.32. The molecule has 0 amide bonds. The summed E-state index contributed by atoms with van der Waals surface area (Å²) < 4.78 is 10.7. The lowest BCUT2D eigenvalue weighted by Gasteiger charge is -2.29. The minimum absolute atomic E-state index is 0.0549. The molecule has 0 N–H and O–H groups in total. The Bertz CT molecular complexity index is 417. The first-order valence-corrected chi connectivity index (χ1v) is 7.68. The van der Waals surface area contributed by atoms with E-state index in [4.69, 9.17) is 9.47 Å². The van der Waals surface area contributed by atoms with Crippen LogP contribution in [0.25, 0.3) is 0 Å². The second-order valence-electron chi connectivity index (χ2n) is 6.40. The molecule has 3 fully saturated rings. The van der Waals surface area contributed by atoms with Gasteiger partial charge in [-0.15, -0.1) is 0 Å². The fourth-order valence-corrected chi connectivity index (χ4v) is 4.28. The van der Waals surface area contributed by atoms with E-state index in [0.29, 0.717) is 24.2 Å². The van der Waals surface area contributed by atoms with Crippen molar-refractivity contribution in [3.8, 4) is 0 Å². The highest BCUT2D eigenvalue weighted by Gasteiger charge is 2.47. The minimum Gasteiger partial charge on any atom is -0.462 e. The molecule has 1 heterocycles. The summed E-state index contributed by atoms with van der Waals surface area (Å²) in [7, 11) is 0. The molecule has 0 aromatic carbocycles.